The Morgan fingerprint density at radius 3 is 3.00 bits per heavy atom. The Bertz CT molecular complexity index is 335. The topological polar surface area (TPSA) is 40.8 Å². The molecule has 0 amide bonds. The van der Waals surface area contributed by atoms with E-state index in [0.717, 1.165) is 13.0 Å². The lowest BCUT2D eigenvalue weighted by molar-refractivity contribution is 0.539. The Labute approximate surface area is 98.1 Å². The third-order valence-electron chi connectivity index (χ3n) is 2.81. The highest BCUT2D eigenvalue weighted by Gasteiger charge is 2.08. The van der Waals surface area contributed by atoms with Crippen LogP contribution in [-0.4, -0.2) is 11.6 Å². The minimum atomic E-state index is 0.460. The van der Waals surface area contributed by atoms with E-state index in [1.807, 2.05) is 7.05 Å². The van der Waals surface area contributed by atoms with E-state index in [-0.39, 0.29) is 0 Å². The van der Waals surface area contributed by atoms with Gasteiger partial charge in [-0.1, -0.05) is 13.3 Å². The highest BCUT2D eigenvalue weighted by Crippen LogP contribution is 2.18. The molecule has 1 aromatic rings. The number of nitriles is 1. The van der Waals surface area contributed by atoms with Crippen molar-refractivity contribution in [2.24, 2.45) is 0 Å². The minimum Gasteiger partial charge on any atom is -0.354 e. The molecule has 0 fully saturated rings. The second-order valence-corrected chi connectivity index (χ2v) is 4.07. The number of nitrogens with zero attached hydrogens (tertiary/aromatic N) is 2. The first-order valence-electron chi connectivity index (χ1n) is 6.01. The molecule has 0 aliphatic carbocycles. The third kappa shape index (κ3) is 3.71. The fourth-order valence-corrected chi connectivity index (χ4v) is 1.91. The standard InChI is InChI=1S/C13H21N3/c1-3-6-13(15-2)12-7-10-16(11-12)9-5-4-8-14/h7,10-11,13,15H,3-6,9H2,1-2H3. The Morgan fingerprint density at radius 2 is 2.38 bits per heavy atom. The van der Waals surface area contributed by atoms with Gasteiger partial charge >= 0.3 is 0 Å². The summed E-state index contributed by atoms with van der Waals surface area (Å²) < 4.78 is 2.17. The molecule has 0 saturated carbocycles. The van der Waals surface area contributed by atoms with Gasteiger partial charge in [0.2, 0.25) is 0 Å². The van der Waals surface area contributed by atoms with Crippen molar-refractivity contribution in [2.75, 3.05) is 7.05 Å². The molecule has 0 radical (unpaired) electrons. The molecule has 0 aliphatic rings. The number of nitrogens with one attached hydrogen (secondary N) is 1. The second-order valence-electron chi connectivity index (χ2n) is 4.07. The second kappa shape index (κ2) is 7.08. The van der Waals surface area contributed by atoms with Crippen LogP contribution in [0.4, 0.5) is 0 Å². The molecule has 3 heteroatoms. The van der Waals surface area contributed by atoms with Gasteiger partial charge in [0, 0.05) is 31.4 Å². The van der Waals surface area contributed by atoms with Gasteiger partial charge in [0.1, 0.15) is 0 Å². The summed E-state index contributed by atoms with van der Waals surface area (Å²) in [5.74, 6) is 0. The van der Waals surface area contributed by atoms with E-state index in [9.17, 15) is 0 Å². The van der Waals surface area contributed by atoms with Gasteiger partial charge in [0.05, 0.1) is 6.07 Å². The van der Waals surface area contributed by atoms with Crippen LogP contribution in [0.3, 0.4) is 0 Å². The Kier molecular flexibility index (Phi) is 5.66. The summed E-state index contributed by atoms with van der Waals surface area (Å²) in [6, 6.07) is 4.80. The van der Waals surface area contributed by atoms with Gasteiger partial charge in [-0.25, -0.2) is 0 Å². The molecular formula is C13H21N3. The largest absolute Gasteiger partial charge is 0.354 e. The Morgan fingerprint density at radius 1 is 1.56 bits per heavy atom. The van der Waals surface area contributed by atoms with Gasteiger partial charge in [0.25, 0.3) is 0 Å². The third-order valence-corrected chi connectivity index (χ3v) is 2.81. The van der Waals surface area contributed by atoms with Gasteiger partial charge < -0.3 is 9.88 Å². The minimum absolute atomic E-state index is 0.460. The number of hydrogen-bond acceptors (Lipinski definition) is 2. The SMILES string of the molecule is CCCC(NC)c1ccn(CCCC#N)c1. The van der Waals surface area contributed by atoms with Crippen molar-refractivity contribution < 1.29 is 0 Å². The van der Waals surface area contributed by atoms with E-state index in [1.165, 1.54) is 18.4 Å². The predicted octanol–water partition coefficient (Wildman–Crippen LogP) is 2.85. The van der Waals surface area contributed by atoms with Gasteiger partial charge in [-0.2, -0.15) is 5.26 Å². The summed E-state index contributed by atoms with van der Waals surface area (Å²) in [6.45, 7) is 3.14. The molecule has 0 bridgehead atoms. The summed E-state index contributed by atoms with van der Waals surface area (Å²) in [4.78, 5) is 0. The number of rotatable bonds is 7. The number of unbranched alkanes of at least 4 members (excludes halogenated alkanes) is 1. The summed E-state index contributed by atoms with van der Waals surface area (Å²) in [6.07, 6.45) is 8.21. The molecule has 0 aliphatic heterocycles. The molecule has 1 aromatic heterocycles. The van der Waals surface area contributed by atoms with Crippen LogP contribution in [0, 0.1) is 11.3 Å². The predicted molar refractivity (Wildman–Crippen MR) is 66.0 cm³/mol. The zero-order valence-electron chi connectivity index (χ0n) is 10.2. The number of hydrogen-bond donors (Lipinski definition) is 1. The fraction of sp³-hybridized carbons (Fsp3) is 0.615. The zero-order valence-corrected chi connectivity index (χ0v) is 10.2. The van der Waals surface area contributed by atoms with Crippen molar-refractivity contribution in [2.45, 2.75) is 45.2 Å². The Hall–Kier alpha value is -1.27. The van der Waals surface area contributed by atoms with Crippen LogP contribution in [-0.2, 0) is 6.54 Å². The molecule has 16 heavy (non-hydrogen) atoms. The van der Waals surface area contributed by atoms with E-state index in [2.05, 4.69) is 41.3 Å². The molecule has 88 valence electrons. The monoisotopic (exact) mass is 219 g/mol. The average Bonchev–Trinajstić information content (AvgIpc) is 2.75. The van der Waals surface area contributed by atoms with Crippen LogP contribution in [0.5, 0.6) is 0 Å². The molecular weight excluding hydrogens is 198 g/mol. The van der Waals surface area contributed by atoms with Crippen LogP contribution in [0.15, 0.2) is 18.5 Å². The molecule has 0 spiro atoms. The highest BCUT2D eigenvalue weighted by molar-refractivity contribution is 5.15. The average molecular weight is 219 g/mol. The summed E-state index contributed by atoms with van der Waals surface area (Å²) in [5, 5.41) is 11.8. The van der Waals surface area contributed by atoms with Crippen molar-refractivity contribution in [3.8, 4) is 6.07 Å². The lowest BCUT2D eigenvalue weighted by Gasteiger charge is -2.13. The summed E-state index contributed by atoms with van der Waals surface area (Å²) in [7, 11) is 2.01. The van der Waals surface area contributed by atoms with E-state index in [0.29, 0.717) is 12.5 Å². The van der Waals surface area contributed by atoms with Gasteiger partial charge in [-0.3, -0.25) is 0 Å². The van der Waals surface area contributed by atoms with Crippen molar-refractivity contribution in [3.63, 3.8) is 0 Å². The van der Waals surface area contributed by atoms with Crippen molar-refractivity contribution in [3.05, 3.63) is 24.0 Å². The van der Waals surface area contributed by atoms with E-state index in [4.69, 9.17) is 5.26 Å². The number of aromatic nitrogens is 1. The summed E-state index contributed by atoms with van der Waals surface area (Å²) in [5.41, 5.74) is 1.35. The highest BCUT2D eigenvalue weighted by atomic mass is 14.9. The van der Waals surface area contributed by atoms with Crippen molar-refractivity contribution >= 4 is 0 Å². The first-order valence-corrected chi connectivity index (χ1v) is 6.01. The van der Waals surface area contributed by atoms with Crippen LogP contribution < -0.4 is 5.32 Å². The smallest absolute Gasteiger partial charge is 0.0622 e. The fourth-order valence-electron chi connectivity index (χ4n) is 1.91. The van der Waals surface area contributed by atoms with Gasteiger partial charge in [0.15, 0.2) is 0 Å². The van der Waals surface area contributed by atoms with Crippen LogP contribution in [0.1, 0.15) is 44.2 Å². The lowest BCUT2D eigenvalue weighted by Crippen LogP contribution is -2.15. The zero-order chi connectivity index (χ0) is 11.8. The molecule has 1 N–H and O–H groups in total. The van der Waals surface area contributed by atoms with Crippen molar-refractivity contribution in [1.29, 1.82) is 5.26 Å². The first kappa shape index (κ1) is 12.8. The molecule has 0 saturated heterocycles. The van der Waals surface area contributed by atoms with E-state index < -0.39 is 0 Å². The van der Waals surface area contributed by atoms with Crippen molar-refractivity contribution in [1.82, 2.24) is 9.88 Å². The Balaban J connectivity index is 2.52. The van der Waals surface area contributed by atoms with Crippen LogP contribution in [0.2, 0.25) is 0 Å². The van der Waals surface area contributed by atoms with E-state index in [1.54, 1.807) is 0 Å². The maximum atomic E-state index is 8.48. The lowest BCUT2D eigenvalue weighted by atomic mass is 10.1. The molecule has 1 heterocycles. The quantitative estimate of drug-likeness (QED) is 0.716. The molecule has 1 rings (SSSR count). The maximum Gasteiger partial charge on any atom is 0.0622 e. The molecule has 3 nitrogen and oxygen atoms in total. The molecule has 1 atom stereocenters. The normalized spacial score (nSPS) is 12.3. The summed E-state index contributed by atoms with van der Waals surface area (Å²) >= 11 is 0. The van der Waals surface area contributed by atoms with Crippen LogP contribution in [0.25, 0.3) is 0 Å². The van der Waals surface area contributed by atoms with Gasteiger partial charge in [-0.05, 0) is 31.5 Å². The molecule has 1 unspecified atom stereocenters. The van der Waals surface area contributed by atoms with Crippen LogP contribution >= 0.6 is 0 Å². The maximum absolute atomic E-state index is 8.48. The van der Waals surface area contributed by atoms with Gasteiger partial charge in [-0.15, -0.1) is 0 Å². The van der Waals surface area contributed by atoms with E-state index >= 15 is 0 Å². The number of aryl methyl sites for hydroxylation is 1. The first-order chi connectivity index (χ1) is 7.81. The molecule has 0 aromatic carbocycles.